The quantitative estimate of drug-likeness (QED) is 0.604. The smallest absolute Gasteiger partial charge is 0.128 e. The molecule has 1 rings (SSSR count). The van der Waals surface area contributed by atoms with Crippen molar-refractivity contribution in [2.24, 2.45) is 0 Å². The Hall–Kier alpha value is -1.35. The molecule has 0 aromatic heterocycles. The fraction of sp³-hybridized carbons (Fsp3) is 0.417. The van der Waals surface area contributed by atoms with Gasteiger partial charge in [0, 0.05) is 19.7 Å². The Balaban J connectivity index is 2.69. The van der Waals surface area contributed by atoms with Crippen LogP contribution in [0.5, 0.6) is 0 Å². The number of likely N-dealkylation sites (N-methyl/N-ethyl adjacent to an activating group) is 1. The molecule has 0 heterocycles. The largest absolute Gasteiger partial charge is 0.383 e. The molecule has 0 saturated carbocycles. The number of benzene rings is 1. The molecule has 3 heteroatoms. The average molecular weight is 206 g/mol. The van der Waals surface area contributed by atoms with Crippen LogP contribution in [0.3, 0.4) is 0 Å². The van der Waals surface area contributed by atoms with E-state index >= 15 is 0 Å². The van der Waals surface area contributed by atoms with Gasteiger partial charge in [0.05, 0.1) is 12.6 Å². The van der Waals surface area contributed by atoms with Gasteiger partial charge in [0.2, 0.25) is 0 Å². The first-order valence-corrected chi connectivity index (χ1v) is 5.02. The van der Waals surface area contributed by atoms with Crippen LogP contribution in [0.1, 0.15) is 12.5 Å². The first-order chi connectivity index (χ1) is 7.16. The van der Waals surface area contributed by atoms with Crippen LogP contribution in [0.25, 0.3) is 0 Å². The minimum Gasteiger partial charge on any atom is -0.383 e. The molecule has 0 spiro atoms. The fourth-order valence-corrected chi connectivity index (χ4v) is 1.37. The van der Waals surface area contributed by atoms with Crippen LogP contribution in [0.2, 0.25) is 0 Å². The van der Waals surface area contributed by atoms with Gasteiger partial charge in [-0.1, -0.05) is 30.3 Å². The Labute approximate surface area is 91.2 Å². The average Bonchev–Trinajstić information content (AvgIpc) is 2.28. The third-order valence-electron chi connectivity index (χ3n) is 2.47. The molecule has 1 aromatic rings. The van der Waals surface area contributed by atoms with E-state index < -0.39 is 0 Å². The molecule has 1 aromatic carbocycles. The molecule has 0 fully saturated rings. The predicted molar refractivity (Wildman–Crippen MR) is 62.4 cm³/mol. The van der Waals surface area contributed by atoms with Gasteiger partial charge in [-0.05, 0) is 6.92 Å². The van der Waals surface area contributed by atoms with E-state index in [0.717, 1.165) is 5.56 Å². The highest BCUT2D eigenvalue weighted by Crippen LogP contribution is 2.06. The van der Waals surface area contributed by atoms with Gasteiger partial charge >= 0.3 is 0 Å². The maximum Gasteiger partial charge on any atom is 0.128 e. The van der Waals surface area contributed by atoms with Crippen LogP contribution in [-0.4, -0.2) is 37.5 Å². The molecule has 0 bridgehead atoms. The molecule has 1 N–H and O–H groups in total. The van der Waals surface area contributed by atoms with Crippen molar-refractivity contribution >= 4 is 5.84 Å². The predicted octanol–water partition coefficient (Wildman–Crippen LogP) is 1.98. The molecule has 1 unspecified atom stereocenters. The highest BCUT2D eigenvalue weighted by Gasteiger charge is 2.13. The summed E-state index contributed by atoms with van der Waals surface area (Å²) >= 11 is 0. The summed E-state index contributed by atoms with van der Waals surface area (Å²) in [6, 6.07) is 9.94. The van der Waals surface area contributed by atoms with Crippen molar-refractivity contribution in [3.63, 3.8) is 0 Å². The van der Waals surface area contributed by atoms with E-state index in [4.69, 9.17) is 10.1 Å². The summed E-state index contributed by atoms with van der Waals surface area (Å²) in [5, 5.41) is 8.01. The Morgan fingerprint density at radius 3 is 2.53 bits per heavy atom. The molecule has 0 aliphatic carbocycles. The molecular formula is C12H18N2O. The topological polar surface area (TPSA) is 36.3 Å². The van der Waals surface area contributed by atoms with E-state index in [1.54, 1.807) is 7.11 Å². The second kappa shape index (κ2) is 5.51. The van der Waals surface area contributed by atoms with Gasteiger partial charge in [-0.25, -0.2) is 0 Å². The molecule has 0 saturated heterocycles. The zero-order chi connectivity index (χ0) is 11.3. The molecule has 0 aliphatic heterocycles. The maximum absolute atomic E-state index is 8.01. The van der Waals surface area contributed by atoms with E-state index in [1.165, 1.54) is 0 Å². The summed E-state index contributed by atoms with van der Waals surface area (Å²) in [4.78, 5) is 1.92. The van der Waals surface area contributed by atoms with E-state index in [9.17, 15) is 0 Å². The molecule has 3 nitrogen and oxygen atoms in total. The molecule has 0 amide bonds. The number of amidine groups is 1. The molecule has 0 aliphatic rings. The Morgan fingerprint density at radius 2 is 2.00 bits per heavy atom. The molecule has 0 radical (unpaired) electrons. The fourth-order valence-electron chi connectivity index (χ4n) is 1.37. The number of hydrogen-bond acceptors (Lipinski definition) is 2. The van der Waals surface area contributed by atoms with Gasteiger partial charge in [0.1, 0.15) is 5.84 Å². The molecule has 1 atom stereocenters. The summed E-state index contributed by atoms with van der Waals surface area (Å²) in [7, 11) is 3.59. The van der Waals surface area contributed by atoms with E-state index in [-0.39, 0.29) is 6.04 Å². The Morgan fingerprint density at radius 1 is 1.40 bits per heavy atom. The van der Waals surface area contributed by atoms with Gasteiger partial charge in [0.25, 0.3) is 0 Å². The van der Waals surface area contributed by atoms with Gasteiger partial charge < -0.3 is 9.64 Å². The zero-order valence-electron chi connectivity index (χ0n) is 9.53. The van der Waals surface area contributed by atoms with Crippen molar-refractivity contribution < 1.29 is 4.74 Å². The number of ether oxygens (including phenoxy) is 1. The number of hydrogen-bond donors (Lipinski definition) is 1. The number of methoxy groups -OCH3 is 1. The Bertz CT molecular complexity index is 311. The molecular weight excluding hydrogens is 188 g/mol. The number of rotatable bonds is 4. The number of nitrogens with zero attached hydrogens (tertiary/aromatic N) is 1. The lowest BCUT2D eigenvalue weighted by molar-refractivity contribution is 0.145. The van der Waals surface area contributed by atoms with Crippen molar-refractivity contribution in [2.75, 3.05) is 20.8 Å². The van der Waals surface area contributed by atoms with Crippen LogP contribution in [0, 0.1) is 5.41 Å². The summed E-state index contributed by atoms with van der Waals surface area (Å²) in [5.41, 5.74) is 0.933. The van der Waals surface area contributed by atoms with Gasteiger partial charge in [-0.2, -0.15) is 0 Å². The van der Waals surface area contributed by atoms with Gasteiger partial charge in [-0.3, -0.25) is 5.41 Å². The van der Waals surface area contributed by atoms with E-state index in [1.807, 2.05) is 49.2 Å². The van der Waals surface area contributed by atoms with Gasteiger partial charge in [0.15, 0.2) is 0 Å². The lowest BCUT2D eigenvalue weighted by Gasteiger charge is -2.26. The lowest BCUT2D eigenvalue weighted by Crippen LogP contribution is -2.37. The minimum absolute atomic E-state index is 0.211. The van der Waals surface area contributed by atoms with Crippen molar-refractivity contribution in [2.45, 2.75) is 13.0 Å². The standard InChI is InChI=1S/C12H18N2O/c1-10(9-15-3)14(2)12(13)11-7-5-4-6-8-11/h4-8,10,13H,9H2,1-3H3. The second-order valence-corrected chi connectivity index (χ2v) is 3.63. The van der Waals surface area contributed by atoms with Crippen molar-refractivity contribution in [1.82, 2.24) is 4.90 Å². The van der Waals surface area contributed by atoms with Crippen molar-refractivity contribution in [1.29, 1.82) is 5.41 Å². The van der Waals surface area contributed by atoms with Crippen LogP contribution >= 0.6 is 0 Å². The summed E-state index contributed by atoms with van der Waals surface area (Å²) in [6.07, 6.45) is 0. The third kappa shape index (κ3) is 3.06. The first kappa shape index (κ1) is 11.7. The van der Waals surface area contributed by atoms with Crippen LogP contribution in [0.4, 0.5) is 0 Å². The zero-order valence-corrected chi connectivity index (χ0v) is 9.53. The van der Waals surface area contributed by atoms with E-state index in [2.05, 4.69) is 0 Å². The molecule has 82 valence electrons. The van der Waals surface area contributed by atoms with E-state index in [0.29, 0.717) is 12.4 Å². The van der Waals surface area contributed by atoms with Crippen molar-refractivity contribution in [3.05, 3.63) is 35.9 Å². The lowest BCUT2D eigenvalue weighted by atomic mass is 10.2. The Kier molecular flexibility index (Phi) is 4.31. The highest BCUT2D eigenvalue weighted by molar-refractivity contribution is 5.96. The third-order valence-corrected chi connectivity index (χ3v) is 2.47. The number of nitrogens with one attached hydrogen (secondary N) is 1. The second-order valence-electron chi connectivity index (χ2n) is 3.63. The summed E-state index contributed by atoms with van der Waals surface area (Å²) in [6.45, 7) is 2.67. The van der Waals surface area contributed by atoms with Crippen molar-refractivity contribution in [3.8, 4) is 0 Å². The van der Waals surface area contributed by atoms with Gasteiger partial charge in [-0.15, -0.1) is 0 Å². The SMILES string of the molecule is COCC(C)N(C)C(=N)c1ccccc1. The molecule has 15 heavy (non-hydrogen) atoms. The first-order valence-electron chi connectivity index (χ1n) is 5.02. The monoisotopic (exact) mass is 206 g/mol. The summed E-state index contributed by atoms with van der Waals surface area (Å²) in [5.74, 6) is 0.528. The minimum atomic E-state index is 0.211. The highest BCUT2D eigenvalue weighted by atomic mass is 16.5. The van der Waals surface area contributed by atoms with Crippen LogP contribution in [-0.2, 0) is 4.74 Å². The van der Waals surface area contributed by atoms with Crippen LogP contribution in [0.15, 0.2) is 30.3 Å². The normalized spacial score (nSPS) is 12.2. The van der Waals surface area contributed by atoms with Crippen LogP contribution < -0.4 is 0 Å². The maximum atomic E-state index is 8.01. The summed E-state index contributed by atoms with van der Waals surface area (Å²) < 4.78 is 5.07.